The Labute approximate surface area is 115 Å². The van der Waals surface area contributed by atoms with Crippen molar-refractivity contribution >= 4 is 0 Å². The predicted molar refractivity (Wildman–Crippen MR) is 74.0 cm³/mol. The first-order valence-corrected chi connectivity index (χ1v) is 6.01. The van der Waals surface area contributed by atoms with Crippen molar-refractivity contribution in [3.05, 3.63) is 54.7 Å². The number of aromatic hydroxyl groups is 3. The van der Waals surface area contributed by atoms with E-state index in [9.17, 15) is 15.3 Å². The highest BCUT2D eigenvalue weighted by Crippen LogP contribution is 2.33. The van der Waals surface area contributed by atoms with Gasteiger partial charge in [0.1, 0.15) is 17.2 Å². The Morgan fingerprint density at radius 1 is 0.800 bits per heavy atom. The smallest absolute Gasteiger partial charge is 0.128 e. The molecule has 5 nitrogen and oxygen atoms in total. The van der Waals surface area contributed by atoms with Crippen molar-refractivity contribution in [3.8, 4) is 34.2 Å². The third-order valence-corrected chi connectivity index (χ3v) is 2.99. The normalized spacial score (nSPS) is 10.6. The number of rotatable bonds is 2. The Balaban J connectivity index is 2.12. The molecule has 0 saturated heterocycles. The van der Waals surface area contributed by atoms with Gasteiger partial charge < -0.3 is 15.3 Å². The van der Waals surface area contributed by atoms with Crippen molar-refractivity contribution in [2.45, 2.75) is 0 Å². The van der Waals surface area contributed by atoms with Gasteiger partial charge >= 0.3 is 0 Å². The molecule has 0 aliphatic rings. The average Bonchev–Trinajstić information content (AvgIpc) is 2.88. The molecule has 0 atom stereocenters. The summed E-state index contributed by atoms with van der Waals surface area (Å²) in [5.74, 6) is 0.155. The van der Waals surface area contributed by atoms with E-state index in [1.807, 2.05) is 0 Å². The van der Waals surface area contributed by atoms with Crippen LogP contribution in [0.25, 0.3) is 16.9 Å². The van der Waals surface area contributed by atoms with E-state index in [-0.39, 0.29) is 17.2 Å². The molecule has 0 unspecified atom stereocenters. The van der Waals surface area contributed by atoms with Crippen LogP contribution >= 0.6 is 0 Å². The highest BCUT2D eigenvalue weighted by molar-refractivity contribution is 5.69. The van der Waals surface area contributed by atoms with Crippen molar-refractivity contribution in [2.75, 3.05) is 0 Å². The summed E-state index contributed by atoms with van der Waals surface area (Å²) >= 11 is 0. The van der Waals surface area contributed by atoms with E-state index in [1.165, 1.54) is 12.1 Å². The number of aromatic nitrogens is 2. The summed E-state index contributed by atoms with van der Waals surface area (Å²) in [5.41, 5.74) is 2.01. The molecule has 3 N–H and O–H groups in total. The van der Waals surface area contributed by atoms with Crippen LogP contribution in [0, 0.1) is 0 Å². The topological polar surface area (TPSA) is 78.5 Å². The SMILES string of the molecule is Oc1ccc(-n2nccc2-c2ccc(O)cc2O)cc1. The molecule has 0 aliphatic heterocycles. The molecule has 3 aromatic rings. The van der Waals surface area contributed by atoms with Gasteiger partial charge in [0.15, 0.2) is 0 Å². The third kappa shape index (κ3) is 2.05. The summed E-state index contributed by atoms with van der Waals surface area (Å²) in [6.07, 6.45) is 1.62. The summed E-state index contributed by atoms with van der Waals surface area (Å²) in [6.45, 7) is 0. The number of phenols is 3. The number of hydrogen-bond donors (Lipinski definition) is 3. The molecular formula is C15H12N2O3. The first kappa shape index (κ1) is 12.1. The van der Waals surface area contributed by atoms with Gasteiger partial charge in [-0.1, -0.05) is 0 Å². The second-order valence-electron chi connectivity index (χ2n) is 4.35. The maximum atomic E-state index is 9.94. The van der Waals surface area contributed by atoms with Crippen molar-refractivity contribution in [3.63, 3.8) is 0 Å². The lowest BCUT2D eigenvalue weighted by Gasteiger charge is -2.09. The monoisotopic (exact) mass is 268 g/mol. The molecule has 0 fully saturated rings. The van der Waals surface area contributed by atoms with Crippen LogP contribution in [0.15, 0.2) is 54.7 Å². The van der Waals surface area contributed by atoms with Gasteiger partial charge in [0.25, 0.3) is 0 Å². The fraction of sp³-hybridized carbons (Fsp3) is 0. The van der Waals surface area contributed by atoms with Gasteiger partial charge in [-0.3, -0.25) is 0 Å². The lowest BCUT2D eigenvalue weighted by Crippen LogP contribution is -1.98. The molecule has 20 heavy (non-hydrogen) atoms. The van der Waals surface area contributed by atoms with Gasteiger partial charge in [-0.15, -0.1) is 0 Å². The minimum absolute atomic E-state index is 0.00180. The maximum absolute atomic E-state index is 9.94. The van der Waals surface area contributed by atoms with Gasteiger partial charge in [0.05, 0.1) is 17.6 Å². The molecule has 2 aromatic carbocycles. The van der Waals surface area contributed by atoms with Crippen LogP contribution in [-0.4, -0.2) is 25.1 Å². The molecular weight excluding hydrogens is 256 g/mol. The highest BCUT2D eigenvalue weighted by atomic mass is 16.3. The summed E-state index contributed by atoms with van der Waals surface area (Å²) < 4.78 is 1.64. The van der Waals surface area contributed by atoms with Crippen LogP contribution in [0.2, 0.25) is 0 Å². The van der Waals surface area contributed by atoms with Crippen molar-refractivity contribution in [2.24, 2.45) is 0 Å². The summed E-state index contributed by atoms with van der Waals surface area (Å²) in [4.78, 5) is 0. The maximum Gasteiger partial charge on any atom is 0.128 e. The number of hydrogen-bond acceptors (Lipinski definition) is 4. The van der Waals surface area contributed by atoms with E-state index < -0.39 is 0 Å². The van der Waals surface area contributed by atoms with Crippen molar-refractivity contribution in [1.82, 2.24) is 9.78 Å². The van der Waals surface area contributed by atoms with Crippen molar-refractivity contribution < 1.29 is 15.3 Å². The van der Waals surface area contributed by atoms with E-state index in [2.05, 4.69) is 5.10 Å². The molecule has 0 radical (unpaired) electrons. The summed E-state index contributed by atoms with van der Waals surface area (Å²) in [6, 6.07) is 12.8. The molecule has 5 heteroatoms. The fourth-order valence-electron chi connectivity index (χ4n) is 2.04. The number of nitrogens with zero attached hydrogens (tertiary/aromatic N) is 2. The first-order chi connectivity index (χ1) is 9.65. The average molecular weight is 268 g/mol. The Hall–Kier alpha value is -2.95. The van der Waals surface area contributed by atoms with Gasteiger partial charge in [-0.25, -0.2) is 4.68 Å². The minimum atomic E-state index is -0.0227. The van der Waals surface area contributed by atoms with Crippen LogP contribution in [0.4, 0.5) is 0 Å². The van der Waals surface area contributed by atoms with Gasteiger partial charge in [-0.2, -0.15) is 5.10 Å². The summed E-state index contributed by atoms with van der Waals surface area (Å²) in [5, 5.41) is 32.8. The number of benzene rings is 2. The lowest BCUT2D eigenvalue weighted by atomic mass is 10.1. The second kappa shape index (κ2) is 4.62. The second-order valence-corrected chi connectivity index (χ2v) is 4.35. The molecule has 0 bridgehead atoms. The molecule has 3 rings (SSSR count). The molecule has 0 spiro atoms. The minimum Gasteiger partial charge on any atom is -0.508 e. The number of phenolic OH excluding ortho intramolecular Hbond substituents is 3. The Bertz CT molecular complexity index is 748. The predicted octanol–water partition coefficient (Wildman–Crippen LogP) is 2.66. The molecule has 0 saturated carbocycles. The molecule has 0 aliphatic carbocycles. The Morgan fingerprint density at radius 2 is 1.50 bits per heavy atom. The van der Waals surface area contributed by atoms with E-state index in [1.54, 1.807) is 47.3 Å². The third-order valence-electron chi connectivity index (χ3n) is 2.99. The van der Waals surface area contributed by atoms with Crippen LogP contribution in [-0.2, 0) is 0 Å². The Morgan fingerprint density at radius 3 is 2.20 bits per heavy atom. The molecule has 1 aromatic heterocycles. The first-order valence-electron chi connectivity index (χ1n) is 6.01. The molecule has 0 amide bonds. The van der Waals surface area contributed by atoms with Crippen molar-refractivity contribution in [1.29, 1.82) is 0 Å². The Kier molecular flexibility index (Phi) is 2.80. The van der Waals surface area contributed by atoms with Crippen LogP contribution in [0.5, 0.6) is 17.2 Å². The van der Waals surface area contributed by atoms with E-state index >= 15 is 0 Å². The fourth-order valence-corrected chi connectivity index (χ4v) is 2.04. The van der Waals surface area contributed by atoms with Crippen LogP contribution in [0.1, 0.15) is 0 Å². The summed E-state index contributed by atoms with van der Waals surface area (Å²) in [7, 11) is 0. The zero-order valence-electron chi connectivity index (χ0n) is 10.4. The van der Waals surface area contributed by atoms with E-state index in [0.29, 0.717) is 11.3 Å². The quantitative estimate of drug-likeness (QED) is 0.667. The van der Waals surface area contributed by atoms with Gasteiger partial charge in [0, 0.05) is 11.6 Å². The standard InChI is InChI=1S/C15H12N2O3/c18-11-3-1-10(2-4-11)17-14(7-8-16-17)13-6-5-12(19)9-15(13)20/h1-9,18-20H. The zero-order chi connectivity index (χ0) is 14.1. The van der Waals surface area contributed by atoms with E-state index in [0.717, 1.165) is 5.69 Å². The zero-order valence-corrected chi connectivity index (χ0v) is 10.4. The van der Waals surface area contributed by atoms with Gasteiger partial charge in [0.2, 0.25) is 0 Å². The van der Waals surface area contributed by atoms with Crippen LogP contribution in [0.3, 0.4) is 0 Å². The lowest BCUT2D eigenvalue weighted by molar-refractivity contribution is 0.451. The van der Waals surface area contributed by atoms with Crippen LogP contribution < -0.4 is 0 Å². The highest BCUT2D eigenvalue weighted by Gasteiger charge is 2.11. The molecule has 1 heterocycles. The van der Waals surface area contributed by atoms with E-state index in [4.69, 9.17) is 0 Å². The largest absolute Gasteiger partial charge is 0.508 e. The molecule has 100 valence electrons. The van der Waals surface area contributed by atoms with Gasteiger partial charge in [-0.05, 0) is 42.5 Å².